The summed E-state index contributed by atoms with van der Waals surface area (Å²) in [6.45, 7) is 5.86. The first kappa shape index (κ1) is 15.7. The second-order valence-corrected chi connectivity index (χ2v) is 5.76. The summed E-state index contributed by atoms with van der Waals surface area (Å²) in [6.07, 6.45) is 0. The minimum Gasteiger partial charge on any atom is -0.451 e. The summed E-state index contributed by atoms with van der Waals surface area (Å²) in [5.74, 6) is -0.323. The van der Waals surface area contributed by atoms with Crippen molar-refractivity contribution in [3.05, 3.63) is 46.3 Å². The Morgan fingerprint density at radius 3 is 2.83 bits per heavy atom. The summed E-state index contributed by atoms with van der Waals surface area (Å²) >= 11 is 0. The molecule has 1 amide bonds. The molecule has 6 heteroatoms. The van der Waals surface area contributed by atoms with E-state index in [1.807, 2.05) is 6.92 Å². The Morgan fingerprint density at radius 2 is 2.04 bits per heavy atom. The van der Waals surface area contributed by atoms with Crippen LogP contribution in [0.1, 0.15) is 17.5 Å². The molecule has 1 aliphatic rings. The van der Waals surface area contributed by atoms with Crippen LogP contribution >= 0.6 is 0 Å². The van der Waals surface area contributed by atoms with E-state index in [1.165, 1.54) is 6.07 Å². The second kappa shape index (κ2) is 6.93. The van der Waals surface area contributed by atoms with E-state index in [0.717, 1.165) is 32.8 Å². The highest BCUT2D eigenvalue weighted by atomic mass is 16.5. The molecule has 1 aromatic carbocycles. The Labute approximate surface area is 134 Å². The third-order valence-electron chi connectivity index (χ3n) is 3.87. The van der Waals surface area contributed by atoms with Crippen LogP contribution in [0.5, 0.6) is 0 Å². The Balaban J connectivity index is 1.69. The molecule has 1 saturated heterocycles. The van der Waals surface area contributed by atoms with Gasteiger partial charge in [0.05, 0.1) is 18.6 Å². The predicted octanol–water partition coefficient (Wildman–Crippen LogP) is 1.24. The molecule has 3 rings (SSSR count). The maximum atomic E-state index is 12.3. The maximum absolute atomic E-state index is 12.3. The van der Waals surface area contributed by atoms with E-state index in [-0.39, 0.29) is 23.1 Å². The van der Waals surface area contributed by atoms with E-state index in [0.29, 0.717) is 11.0 Å². The highest BCUT2D eigenvalue weighted by Gasteiger charge is 2.18. The Hall–Kier alpha value is -2.18. The summed E-state index contributed by atoms with van der Waals surface area (Å²) < 4.78 is 10.9. The molecule has 0 aliphatic carbocycles. The van der Waals surface area contributed by atoms with Gasteiger partial charge >= 0.3 is 0 Å². The summed E-state index contributed by atoms with van der Waals surface area (Å²) in [4.78, 5) is 26.6. The zero-order chi connectivity index (χ0) is 16.2. The van der Waals surface area contributed by atoms with Crippen LogP contribution in [-0.4, -0.2) is 49.7 Å². The lowest BCUT2D eigenvalue weighted by Gasteiger charge is -2.29. The highest BCUT2D eigenvalue weighted by Crippen LogP contribution is 2.11. The molecular formula is C17H20N2O4. The number of hydrogen-bond acceptors (Lipinski definition) is 5. The van der Waals surface area contributed by atoms with Gasteiger partial charge in [-0.05, 0) is 19.1 Å². The van der Waals surface area contributed by atoms with Crippen LogP contribution in [-0.2, 0) is 4.74 Å². The summed E-state index contributed by atoms with van der Waals surface area (Å²) in [5, 5.41) is 3.36. The molecule has 0 spiro atoms. The summed E-state index contributed by atoms with van der Waals surface area (Å²) in [5.41, 5.74) is 0.212. The van der Waals surface area contributed by atoms with Crippen LogP contribution in [0.3, 0.4) is 0 Å². The molecule has 0 radical (unpaired) electrons. The first-order chi connectivity index (χ1) is 11.1. The SMILES string of the molecule is C[C@H](CN1CCOCC1)NC(=O)c1cc(=O)c2ccccc2o1. The van der Waals surface area contributed by atoms with Gasteiger partial charge in [0.15, 0.2) is 11.2 Å². The average molecular weight is 316 g/mol. The lowest BCUT2D eigenvalue weighted by molar-refractivity contribution is 0.0341. The predicted molar refractivity (Wildman–Crippen MR) is 86.7 cm³/mol. The van der Waals surface area contributed by atoms with E-state index in [1.54, 1.807) is 24.3 Å². The molecular weight excluding hydrogens is 296 g/mol. The van der Waals surface area contributed by atoms with Gasteiger partial charge in [-0.1, -0.05) is 12.1 Å². The van der Waals surface area contributed by atoms with Gasteiger partial charge in [0.1, 0.15) is 5.58 Å². The molecule has 6 nitrogen and oxygen atoms in total. The molecule has 2 aromatic rings. The van der Waals surface area contributed by atoms with E-state index in [4.69, 9.17) is 9.15 Å². The first-order valence-electron chi connectivity index (χ1n) is 7.77. The Morgan fingerprint density at radius 1 is 1.30 bits per heavy atom. The van der Waals surface area contributed by atoms with Gasteiger partial charge in [0.2, 0.25) is 0 Å². The van der Waals surface area contributed by atoms with Crippen molar-refractivity contribution >= 4 is 16.9 Å². The van der Waals surface area contributed by atoms with Crippen molar-refractivity contribution in [2.45, 2.75) is 13.0 Å². The van der Waals surface area contributed by atoms with E-state index in [9.17, 15) is 9.59 Å². The standard InChI is InChI=1S/C17H20N2O4/c1-12(11-19-6-8-22-9-7-19)18-17(21)16-10-14(20)13-4-2-3-5-15(13)23-16/h2-5,10,12H,6-9,11H2,1H3,(H,18,21)/t12-/m1/s1. The monoisotopic (exact) mass is 316 g/mol. The number of nitrogens with zero attached hydrogens (tertiary/aromatic N) is 1. The van der Waals surface area contributed by atoms with E-state index < -0.39 is 0 Å². The number of morpholine rings is 1. The quantitative estimate of drug-likeness (QED) is 0.919. The number of hydrogen-bond donors (Lipinski definition) is 1. The number of amides is 1. The fourth-order valence-electron chi connectivity index (χ4n) is 2.73. The van der Waals surface area contributed by atoms with Gasteiger partial charge in [-0.3, -0.25) is 14.5 Å². The second-order valence-electron chi connectivity index (χ2n) is 5.76. The minimum atomic E-state index is -0.367. The van der Waals surface area contributed by atoms with Crippen LogP contribution in [0.2, 0.25) is 0 Å². The topological polar surface area (TPSA) is 71.8 Å². The van der Waals surface area contributed by atoms with E-state index >= 15 is 0 Å². The fraction of sp³-hybridized carbons (Fsp3) is 0.412. The first-order valence-corrected chi connectivity index (χ1v) is 7.77. The number of carbonyl (C=O) groups excluding carboxylic acids is 1. The number of benzene rings is 1. The molecule has 122 valence electrons. The number of para-hydroxylation sites is 1. The lowest BCUT2D eigenvalue weighted by atomic mass is 10.2. The largest absolute Gasteiger partial charge is 0.451 e. The van der Waals surface area contributed by atoms with Crippen LogP contribution in [0.15, 0.2) is 39.5 Å². The number of fused-ring (bicyclic) bond motifs is 1. The molecule has 1 N–H and O–H groups in total. The molecule has 0 saturated carbocycles. The Bertz CT molecular complexity index is 750. The van der Waals surface area contributed by atoms with Gasteiger partial charge < -0.3 is 14.5 Å². The highest BCUT2D eigenvalue weighted by molar-refractivity contribution is 5.93. The van der Waals surface area contributed by atoms with Crippen LogP contribution < -0.4 is 10.7 Å². The molecule has 1 atom stereocenters. The molecule has 0 unspecified atom stereocenters. The van der Waals surface area contributed by atoms with Gasteiger partial charge in [-0.25, -0.2) is 0 Å². The van der Waals surface area contributed by atoms with Gasteiger partial charge in [-0.2, -0.15) is 0 Å². The van der Waals surface area contributed by atoms with Crippen molar-refractivity contribution in [3.63, 3.8) is 0 Å². The molecule has 0 bridgehead atoms. The van der Waals surface area contributed by atoms with Crippen LogP contribution in [0.25, 0.3) is 11.0 Å². The van der Waals surface area contributed by atoms with Crippen LogP contribution in [0.4, 0.5) is 0 Å². The minimum absolute atomic E-state index is 0.0440. The van der Waals surface area contributed by atoms with Crippen molar-refractivity contribution in [1.29, 1.82) is 0 Å². The van der Waals surface area contributed by atoms with Crippen LogP contribution in [0, 0.1) is 0 Å². The lowest BCUT2D eigenvalue weighted by Crippen LogP contribution is -2.46. The van der Waals surface area contributed by atoms with E-state index in [2.05, 4.69) is 10.2 Å². The number of nitrogens with one attached hydrogen (secondary N) is 1. The van der Waals surface area contributed by atoms with Crippen molar-refractivity contribution in [2.75, 3.05) is 32.8 Å². The van der Waals surface area contributed by atoms with Gasteiger partial charge in [0, 0.05) is 31.7 Å². The fourth-order valence-corrected chi connectivity index (χ4v) is 2.73. The number of ether oxygens (including phenoxy) is 1. The number of carbonyl (C=O) groups is 1. The van der Waals surface area contributed by atoms with Crippen molar-refractivity contribution in [3.8, 4) is 0 Å². The third kappa shape index (κ3) is 3.78. The Kier molecular flexibility index (Phi) is 4.73. The third-order valence-corrected chi connectivity index (χ3v) is 3.87. The molecule has 23 heavy (non-hydrogen) atoms. The normalized spacial score (nSPS) is 17.1. The molecule has 1 fully saturated rings. The average Bonchev–Trinajstić information content (AvgIpc) is 2.55. The van der Waals surface area contributed by atoms with Crippen molar-refractivity contribution in [1.82, 2.24) is 10.2 Å². The number of rotatable bonds is 4. The van der Waals surface area contributed by atoms with Gasteiger partial charge in [0.25, 0.3) is 5.91 Å². The zero-order valence-corrected chi connectivity index (χ0v) is 13.1. The molecule has 1 aliphatic heterocycles. The summed E-state index contributed by atoms with van der Waals surface area (Å²) in [6, 6.07) is 8.11. The van der Waals surface area contributed by atoms with Gasteiger partial charge in [-0.15, -0.1) is 0 Å². The molecule has 1 aromatic heterocycles. The summed E-state index contributed by atoms with van der Waals surface area (Å²) in [7, 11) is 0. The molecule has 2 heterocycles. The van der Waals surface area contributed by atoms with Crippen molar-refractivity contribution < 1.29 is 13.9 Å². The maximum Gasteiger partial charge on any atom is 0.287 e. The smallest absolute Gasteiger partial charge is 0.287 e. The van der Waals surface area contributed by atoms with Crippen molar-refractivity contribution in [2.24, 2.45) is 0 Å². The zero-order valence-electron chi connectivity index (χ0n) is 13.1.